The van der Waals surface area contributed by atoms with E-state index in [2.05, 4.69) is 30.9 Å². The summed E-state index contributed by atoms with van der Waals surface area (Å²) in [5.74, 6) is 2.04. The van der Waals surface area contributed by atoms with Gasteiger partial charge in [-0.25, -0.2) is 28.7 Å². The van der Waals surface area contributed by atoms with E-state index >= 15 is 0 Å². The van der Waals surface area contributed by atoms with Gasteiger partial charge in [0.15, 0.2) is 23.1 Å². The smallest absolute Gasteiger partial charge is 0.252 e. The highest BCUT2D eigenvalue weighted by Crippen LogP contribution is 2.41. The van der Waals surface area contributed by atoms with E-state index in [9.17, 15) is 9.18 Å². The minimum Gasteiger partial charge on any atom is -0.368 e. The van der Waals surface area contributed by atoms with E-state index in [-0.39, 0.29) is 17.9 Å². The number of carbonyl (C=O) groups excluding carboxylic acids is 1. The number of aromatic nitrogens is 9. The van der Waals surface area contributed by atoms with Crippen LogP contribution < -0.4 is 10.6 Å². The normalized spacial score (nSPS) is 21.0. The van der Waals surface area contributed by atoms with Gasteiger partial charge in [0.25, 0.3) is 5.91 Å². The number of ether oxygens (including phenoxy) is 1. The number of hydrogen-bond acceptors (Lipinski definition) is 9. The third kappa shape index (κ3) is 5.54. The number of halogens is 1. The Labute approximate surface area is 259 Å². The minimum absolute atomic E-state index is 0.0537. The molecular weight excluding hydrogens is 577 g/mol. The molecule has 0 bridgehead atoms. The Morgan fingerprint density at radius 3 is 2.58 bits per heavy atom. The van der Waals surface area contributed by atoms with E-state index in [0.29, 0.717) is 49.2 Å². The number of fused-ring (bicyclic) bond motifs is 1. The maximum absolute atomic E-state index is 13.7. The van der Waals surface area contributed by atoms with Crippen LogP contribution in [0.25, 0.3) is 16.9 Å². The highest BCUT2D eigenvalue weighted by atomic mass is 19.1. The zero-order valence-corrected chi connectivity index (χ0v) is 25.5. The number of rotatable bonds is 9. The molecule has 1 amide bonds. The number of nitrogens with one attached hydrogen (secondary N) is 3. The second-order valence-corrected chi connectivity index (χ2v) is 12.1. The summed E-state index contributed by atoms with van der Waals surface area (Å²) < 4.78 is 22.7. The Hall–Kier alpha value is -4.72. The van der Waals surface area contributed by atoms with Crippen LogP contribution in [0, 0.1) is 12.7 Å². The quantitative estimate of drug-likeness (QED) is 0.209. The SMILES string of the molecule is COC1(C(=O)N[C@@H](C)c2ccc(-n3cc(F)cn3)nc2)CCC(c2nc(Nc3cc(C)[nH]n3)c3cnn(C4CCC4)c3n2)CC1. The van der Waals surface area contributed by atoms with Crippen molar-refractivity contribution in [2.24, 2.45) is 0 Å². The Bertz CT molecular complexity index is 1820. The molecule has 0 aromatic carbocycles. The summed E-state index contributed by atoms with van der Waals surface area (Å²) in [6, 6.07) is 5.56. The van der Waals surface area contributed by atoms with E-state index in [1.165, 1.54) is 17.3 Å². The average Bonchev–Trinajstić information content (AvgIpc) is 3.76. The van der Waals surface area contributed by atoms with Gasteiger partial charge in [0, 0.05) is 31.0 Å². The predicted molar refractivity (Wildman–Crippen MR) is 164 cm³/mol. The molecule has 234 valence electrons. The summed E-state index contributed by atoms with van der Waals surface area (Å²) in [6.07, 6.45) is 11.7. The summed E-state index contributed by atoms with van der Waals surface area (Å²) in [6.45, 7) is 3.86. The van der Waals surface area contributed by atoms with Crippen molar-refractivity contribution in [2.75, 3.05) is 12.4 Å². The van der Waals surface area contributed by atoms with Gasteiger partial charge >= 0.3 is 0 Å². The molecule has 5 aromatic heterocycles. The van der Waals surface area contributed by atoms with Gasteiger partial charge in [0.2, 0.25) is 0 Å². The zero-order valence-electron chi connectivity index (χ0n) is 25.5. The van der Waals surface area contributed by atoms with E-state index in [0.717, 1.165) is 47.2 Å². The third-order valence-electron chi connectivity index (χ3n) is 9.21. The van der Waals surface area contributed by atoms with Crippen LogP contribution in [0.1, 0.15) is 87.0 Å². The molecule has 0 unspecified atom stereocenters. The lowest BCUT2D eigenvalue weighted by Gasteiger charge is -2.38. The fourth-order valence-corrected chi connectivity index (χ4v) is 6.22. The average molecular weight is 614 g/mol. The number of anilines is 2. The fraction of sp³-hybridized carbons (Fsp3) is 0.452. The van der Waals surface area contributed by atoms with Crippen LogP contribution in [-0.2, 0) is 9.53 Å². The second kappa shape index (κ2) is 11.7. The topological polar surface area (TPSA) is 153 Å². The van der Waals surface area contributed by atoms with Crippen LogP contribution in [-0.4, -0.2) is 63.3 Å². The summed E-state index contributed by atoms with van der Waals surface area (Å²) in [7, 11) is 1.59. The molecule has 1 atom stereocenters. The number of carbonyl (C=O) groups is 1. The summed E-state index contributed by atoms with van der Waals surface area (Å²) in [5.41, 5.74) is 1.63. The van der Waals surface area contributed by atoms with Gasteiger partial charge in [0.05, 0.1) is 36.1 Å². The molecule has 0 aliphatic heterocycles. The van der Waals surface area contributed by atoms with E-state index < -0.39 is 11.4 Å². The number of methoxy groups -OCH3 is 1. The van der Waals surface area contributed by atoms with E-state index in [1.807, 2.05) is 36.9 Å². The summed E-state index contributed by atoms with van der Waals surface area (Å²) in [4.78, 5) is 28.1. The molecule has 2 fully saturated rings. The van der Waals surface area contributed by atoms with E-state index in [1.54, 1.807) is 19.4 Å². The van der Waals surface area contributed by atoms with Crippen molar-refractivity contribution in [1.82, 2.24) is 50.0 Å². The van der Waals surface area contributed by atoms with Crippen LogP contribution >= 0.6 is 0 Å². The number of pyridine rings is 1. The molecule has 3 N–H and O–H groups in total. The Balaban J connectivity index is 1.07. The molecule has 14 heteroatoms. The monoisotopic (exact) mass is 613 g/mol. The molecule has 13 nitrogen and oxygen atoms in total. The van der Waals surface area contributed by atoms with Crippen LogP contribution in [0.3, 0.4) is 0 Å². The highest BCUT2D eigenvalue weighted by Gasteiger charge is 2.43. The summed E-state index contributed by atoms with van der Waals surface area (Å²) in [5, 5.41) is 23.3. The molecule has 5 aromatic rings. The van der Waals surface area contributed by atoms with Crippen molar-refractivity contribution in [2.45, 2.75) is 82.4 Å². The van der Waals surface area contributed by atoms with E-state index in [4.69, 9.17) is 19.8 Å². The lowest BCUT2D eigenvalue weighted by Crippen LogP contribution is -2.50. The highest BCUT2D eigenvalue weighted by molar-refractivity contribution is 5.88. The number of hydrogen-bond donors (Lipinski definition) is 3. The number of amides is 1. The number of aryl methyl sites for hydroxylation is 1. The molecule has 2 aliphatic rings. The standard InChI is InChI=1S/C31H36FN11O2/c1-18-13-25(41-40-18)37-28-24-16-35-43(23-5-4-6-23)29(24)39-27(38-28)20-9-11-31(45-3,12-10-20)30(44)36-19(2)21-7-8-26(33-14-21)42-17-22(32)15-34-42/h7-8,13-17,19-20,23H,4-6,9-12H2,1-3H3,(H,36,44)(H2,37,38,39,40,41)/t19-,20?,31?/m0/s1. The van der Waals surface area contributed by atoms with Crippen molar-refractivity contribution in [3.8, 4) is 5.82 Å². The Kier molecular flexibility index (Phi) is 7.51. The van der Waals surface area contributed by atoms with Crippen molar-refractivity contribution in [1.29, 1.82) is 0 Å². The zero-order chi connectivity index (χ0) is 31.1. The molecule has 2 aliphatic carbocycles. The molecular formula is C31H36FN11O2. The number of nitrogens with zero attached hydrogens (tertiary/aromatic N) is 8. The molecule has 2 saturated carbocycles. The maximum atomic E-state index is 13.7. The predicted octanol–water partition coefficient (Wildman–Crippen LogP) is 4.97. The first-order chi connectivity index (χ1) is 21.8. The maximum Gasteiger partial charge on any atom is 0.252 e. The van der Waals surface area contributed by atoms with Gasteiger partial charge in [-0.2, -0.15) is 15.3 Å². The lowest BCUT2D eigenvalue weighted by atomic mass is 9.77. The van der Waals surface area contributed by atoms with Gasteiger partial charge in [-0.1, -0.05) is 6.07 Å². The first-order valence-corrected chi connectivity index (χ1v) is 15.4. The molecule has 45 heavy (non-hydrogen) atoms. The van der Waals surface area contributed by atoms with Gasteiger partial charge in [-0.05, 0) is 70.4 Å². The fourth-order valence-electron chi connectivity index (χ4n) is 6.22. The summed E-state index contributed by atoms with van der Waals surface area (Å²) >= 11 is 0. The third-order valence-corrected chi connectivity index (χ3v) is 9.21. The van der Waals surface area contributed by atoms with Crippen LogP contribution in [0.4, 0.5) is 16.0 Å². The minimum atomic E-state index is -0.962. The molecule has 0 radical (unpaired) electrons. The second-order valence-electron chi connectivity index (χ2n) is 12.1. The van der Waals surface area contributed by atoms with Crippen LogP contribution in [0.2, 0.25) is 0 Å². The molecule has 5 heterocycles. The molecule has 0 saturated heterocycles. The van der Waals surface area contributed by atoms with Crippen LogP contribution in [0.5, 0.6) is 0 Å². The van der Waals surface area contributed by atoms with Gasteiger partial charge < -0.3 is 15.4 Å². The van der Waals surface area contributed by atoms with Gasteiger partial charge in [-0.3, -0.25) is 9.89 Å². The Morgan fingerprint density at radius 2 is 1.96 bits per heavy atom. The molecule has 7 rings (SSSR count). The van der Waals surface area contributed by atoms with Crippen LogP contribution in [0.15, 0.2) is 43.0 Å². The van der Waals surface area contributed by atoms with Crippen molar-refractivity contribution in [3.05, 3.63) is 65.9 Å². The van der Waals surface area contributed by atoms with Gasteiger partial charge in [-0.15, -0.1) is 0 Å². The van der Waals surface area contributed by atoms with Gasteiger partial charge in [0.1, 0.15) is 17.2 Å². The van der Waals surface area contributed by atoms with Crippen molar-refractivity contribution >= 4 is 28.6 Å². The molecule has 0 spiro atoms. The largest absolute Gasteiger partial charge is 0.368 e. The Morgan fingerprint density at radius 1 is 1.13 bits per heavy atom. The number of H-pyrrole nitrogens is 1. The lowest BCUT2D eigenvalue weighted by molar-refractivity contribution is -0.148. The first kappa shape index (κ1) is 29.0. The van der Waals surface area contributed by atoms with Crippen molar-refractivity contribution < 1.29 is 13.9 Å². The first-order valence-electron chi connectivity index (χ1n) is 15.4. The van der Waals surface area contributed by atoms with Crippen molar-refractivity contribution in [3.63, 3.8) is 0 Å². The number of aromatic amines is 1.